The highest BCUT2D eigenvalue weighted by Crippen LogP contribution is 2.28. The second kappa shape index (κ2) is 5.82. The first-order valence-corrected chi connectivity index (χ1v) is 7.89. The summed E-state index contributed by atoms with van der Waals surface area (Å²) in [6, 6.07) is 6.71. The van der Waals surface area contributed by atoms with E-state index in [0.29, 0.717) is 23.9 Å². The maximum absolute atomic E-state index is 12.0. The summed E-state index contributed by atoms with van der Waals surface area (Å²) in [5.74, 6) is 0.715. The zero-order valence-electron chi connectivity index (χ0n) is 10.4. The van der Waals surface area contributed by atoms with Crippen LogP contribution in [0.4, 0.5) is 0 Å². The van der Waals surface area contributed by atoms with E-state index in [1.165, 1.54) is 19.3 Å². The fourth-order valence-corrected chi connectivity index (χ4v) is 3.11. The molecular formula is C13H20N2O2S. The Morgan fingerprint density at radius 3 is 2.39 bits per heavy atom. The van der Waals surface area contributed by atoms with Crippen LogP contribution in [0, 0.1) is 5.92 Å². The molecule has 0 heterocycles. The van der Waals surface area contributed by atoms with Crippen LogP contribution in [-0.4, -0.2) is 15.0 Å². The van der Waals surface area contributed by atoms with Crippen LogP contribution in [0.3, 0.4) is 0 Å². The molecule has 3 N–H and O–H groups in total. The van der Waals surface area contributed by atoms with Crippen molar-refractivity contribution in [1.29, 1.82) is 0 Å². The van der Waals surface area contributed by atoms with Crippen molar-refractivity contribution in [3.05, 3.63) is 29.8 Å². The Balaban J connectivity index is 1.91. The van der Waals surface area contributed by atoms with Gasteiger partial charge in [-0.05, 0) is 30.0 Å². The Labute approximate surface area is 109 Å². The molecule has 0 unspecified atom stereocenters. The quantitative estimate of drug-likeness (QED) is 0.823. The smallest absolute Gasteiger partial charge is 0.240 e. The van der Waals surface area contributed by atoms with Gasteiger partial charge in [0.15, 0.2) is 0 Å². The summed E-state index contributed by atoms with van der Waals surface area (Å²) in [5, 5.41) is 0. The summed E-state index contributed by atoms with van der Waals surface area (Å²) in [7, 11) is -3.36. The molecule has 0 aliphatic heterocycles. The van der Waals surface area contributed by atoms with Crippen molar-refractivity contribution < 1.29 is 8.42 Å². The Bertz CT molecular complexity index is 478. The van der Waals surface area contributed by atoms with Crippen LogP contribution in [0.15, 0.2) is 29.2 Å². The van der Waals surface area contributed by atoms with Gasteiger partial charge >= 0.3 is 0 Å². The normalized spacial score (nSPS) is 16.5. The van der Waals surface area contributed by atoms with E-state index in [-0.39, 0.29) is 0 Å². The summed E-state index contributed by atoms with van der Waals surface area (Å²) < 4.78 is 26.6. The third kappa shape index (κ3) is 3.31. The molecule has 2 rings (SSSR count). The largest absolute Gasteiger partial charge is 0.326 e. The molecule has 100 valence electrons. The number of rotatable bonds is 6. The predicted octanol–water partition coefficient (Wildman–Crippen LogP) is 1.61. The molecule has 4 nitrogen and oxygen atoms in total. The van der Waals surface area contributed by atoms with Gasteiger partial charge in [0, 0.05) is 13.1 Å². The first kappa shape index (κ1) is 13.5. The average Bonchev–Trinajstić information content (AvgIpc) is 2.32. The van der Waals surface area contributed by atoms with E-state index >= 15 is 0 Å². The maximum atomic E-state index is 12.0. The monoisotopic (exact) mass is 268 g/mol. The molecule has 0 spiro atoms. The minimum absolute atomic E-state index is 0.313. The molecule has 18 heavy (non-hydrogen) atoms. The summed E-state index contributed by atoms with van der Waals surface area (Å²) in [6.07, 6.45) is 4.72. The number of benzene rings is 1. The fraction of sp³-hybridized carbons (Fsp3) is 0.538. The second-order valence-corrected chi connectivity index (χ2v) is 6.60. The van der Waals surface area contributed by atoms with Gasteiger partial charge in [-0.15, -0.1) is 0 Å². The van der Waals surface area contributed by atoms with Gasteiger partial charge in [-0.1, -0.05) is 31.4 Å². The highest BCUT2D eigenvalue weighted by molar-refractivity contribution is 7.89. The lowest BCUT2D eigenvalue weighted by Gasteiger charge is -2.25. The molecule has 1 aromatic carbocycles. The van der Waals surface area contributed by atoms with Crippen LogP contribution in [0.25, 0.3) is 0 Å². The molecule has 0 saturated heterocycles. The van der Waals surface area contributed by atoms with Crippen LogP contribution in [0.5, 0.6) is 0 Å². The molecule has 0 aromatic heterocycles. The zero-order valence-corrected chi connectivity index (χ0v) is 11.2. The van der Waals surface area contributed by atoms with Crippen molar-refractivity contribution in [1.82, 2.24) is 4.72 Å². The standard InChI is InChI=1S/C13H20N2O2S/c14-10-12-4-6-13(7-5-12)18(16,17)15-9-8-11-2-1-3-11/h4-7,11,15H,1-3,8-10,14H2. The highest BCUT2D eigenvalue weighted by Gasteiger charge is 2.19. The van der Waals surface area contributed by atoms with E-state index in [9.17, 15) is 8.42 Å². The van der Waals surface area contributed by atoms with Crippen LogP contribution in [0.2, 0.25) is 0 Å². The lowest BCUT2D eigenvalue weighted by molar-refractivity contribution is 0.297. The van der Waals surface area contributed by atoms with Gasteiger partial charge in [0.1, 0.15) is 0 Å². The number of hydrogen-bond acceptors (Lipinski definition) is 3. The SMILES string of the molecule is NCc1ccc(S(=O)(=O)NCCC2CCC2)cc1. The van der Waals surface area contributed by atoms with Crippen LogP contribution >= 0.6 is 0 Å². The first-order chi connectivity index (χ1) is 8.62. The van der Waals surface area contributed by atoms with E-state index in [1.807, 2.05) is 0 Å². The van der Waals surface area contributed by atoms with E-state index in [2.05, 4.69) is 4.72 Å². The molecule has 0 radical (unpaired) electrons. The lowest BCUT2D eigenvalue weighted by atomic mass is 9.83. The minimum atomic E-state index is -3.36. The van der Waals surface area contributed by atoms with Crippen molar-refractivity contribution in [3.8, 4) is 0 Å². The molecular weight excluding hydrogens is 248 g/mol. The van der Waals surface area contributed by atoms with Gasteiger partial charge in [0.05, 0.1) is 4.90 Å². The zero-order chi connectivity index (χ0) is 13.0. The molecule has 1 aliphatic rings. The molecule has 1 fully saturated rings. The van der Waals surface area contributed by atoms with Gasteiger partial charge in [-0.3, -0.25) is 0 Å². The van der Waals surface area contributed by atoms with Crippen molar-refractivity contribution in [2.24, 2.45) is 11.7 Å². The summed E-state index contributed by atoms with van der Waals surface area (Å²) >= 11 is 0. The lowest BCUT2D eigenvalue weighted by Crippen LogP contribution is -2.27. The number of sulfonamides is 1. The average molecular weight is 268 g/mol. The topological polar surface area (TPSA) is 72.2 Å². The second-order valence-electron chi connectivity index (χ2n) is 4.83. The third-order valence-corrected chi connectivity index (χ3v) is 5.02. The molecule has 1 saturated carbocycles. The van der Waals surface area contributed by atoms with E-state index in [0.717, 1.165) is 12.0 Å². The van der Waals surface area contributed by atoms with Gasteiger partial charge in [0.25, 0.3) is 0 Å². The van der Waals surface area contributed by atoms with Crippen LogP contribution in [0.1, 0.15) is 31.2 Å². The number of nitrogens with two attached hydrogens (primary N) is 1. The van der Waals surface area contributed by atoms with E-state index in [1.54, 1.807) is 24.3 Å². The van der Waals surface area contributed by atoms with Crippen LogP contribution in [-0.2, 0) is 16.6 Å². The van der Waals surface area contributed by atoms with Gasteiger partial charge < -0.3 is 5.73 Å². The van der Waals surface area contributed by atoms with Crippen molar-refractivity contribution in [2.45, 2.75) is 37.1 Å². The van der Waals surface area contributed by atoms with Gasteiger partial charge in [0.2, 0.25) is 10.0 Å². The van der Waals surface area contributed by atoms with E-state index < -0.39 is 10.0 Å². The van der Waals surface area contributed by atoms with Gasteiger partial charge in [-0.2, -0.15) is 0 Å². The first-order valence-electron chi connectivity index (χ1n) is 6.40. The predicted molar refractivity (Wildman–Crippen MR) is 71.5 cm³/mol. The summed E-state index contributed by atoms with van der Waals surface area (Å²) in [4.78, 5) is 0.313. The fourth-order valence-electron chi connectivity index (χ4n) is 2.07. The maximum Gasteiger partial charge on any atom is 0.240 e. The minimum Gasteiger partial charge on any atom is -0.326 e. The van der Waals surface area contributed by atoms with Crippen molar-refractivity contribution >= 4 is 10.0 Å². The number of nitrogens with one attached hydrogen (secondary N) is 1. The third-order valence-electron chi connectivity index (χ3n) is 3.54. The Morgan fingerprint density at radius 1 is 1.22 bits per heavy atom. The highest BCUT2D eigenvalue weighted by atomic mass is 32.2. The van der Waals surface area contributed by atoms with E-state index in [4.69, 9.17) is 5.73 Å². The van der Waals surface area contributed by atoms with Gasteiger partial charge in [-0.25, -0.2) is 13.1 Å². The molecule has 1 aliphatic carbocycles. The molecule has 0 atom stereocenters. The molecule has 1 aromatic rings. The molecule has 0 bridgehead atoms. The molecule has 5 heteroatoms. The Kier molecular flexibility index (Phi) is 4.37. The number of hydrogen-bond donors (Lipinski definition) is 2. The Hall–Kier alpha value is -0.910. The summed E-state index contributed by atoms with van der Waals surface area (Å²) in [6.45, 7) is 0.959. The van der Waals surface area contributed by atoms with Crippen LogP contribution < -0.4 is 10.5 Å². The Morgan fingerprint density at radius 2 is 1.89 bits per heavy atom. The van der Waals surface area contributed by atoms with Crippen molar-refractivity contribution in [3.63, 3.8) is 0 Å². The molecule has 0 amide bonds. The van der Waals surface area contributed by atoms with Crippen molar-refractivity contribution in [2.75, 3.05) is 6.54 Å². The summed E-state index contributed by atoms with van der Waals surface area (Å²) in [5.41, 5.74) is 6.41.